The number of aromatic nitrogens is 1. The lowest BCUT2D eigenvalue weighted by molar-refractivity contribution is 0.518. The lowest BCUT2D eigenvalue weighted by Gasteiger charge is -2.04. The molecule has 0 aliphatic carbocycles. The number of rotatable bonds is 2. The monoisotopic (exact) mass is 299 g/mol. The highest BCUT2D eigenvalue weighted by Gasteiger charge is 2.08. The first-order valence-electron chi connectivity index (χ1n) is 7.37. The molecule has 0 radical (unpaired) electrons. The molecular formula is C20H13NO2. The summed E-state index contributed by atoms with van der Waals surface area (Å²) in [5, 5.41) is 0.497. The minimum atomic E-state index is -0.363. The maximum atomic E-state index is 12.1. The number of nitrogens with zero attached hydrogens (tertiary/aromatic N) is 1. The lowest BCUT2D eigenvalue weighted by Crippen LogP contribution is -2.02. The maximum absolute atomic E-state index is 12.1. The van der Waals surface area contributed by atoms with E-state index in [4.69, 9.17) is 4.42 Å². The molecule has 3 aromatic carbocycles. The first-order valence-corrected chi connectivity index (χ1v) is 7.37. The molecule has 0 aliphatic rings. The van der Waals surface area contributed by atoms with Crippen LogP contribution in [0.2, 0.25) is 0 Å². The van der Waals surface area contributed by atoms with Crippen molar-refractivity contribution in [3.05, 3.63) is 89.3 Å². The highest BCUT2D eigenvalue weighted by molar-refractivity contribution is 5.78. The van der Waals surface area contributed by atoms with Gasteiger partial charge in [-0.15, -0.1) is 0 Å². The average molecular weight is 299 g/mol. The topological polar surface area (TPSA) is 43.1 Å². The molecule has 23 heavy (non-hydrogen) atoms. The zero-order valence-electron chi connectivity index (χ0n) is 12.3. The van der Waals surface area contributed by atoms with Gasteiger partial charge in [0.1, 0.15) is 0 Å². The van der Waals surface area contributed by atoms with Gasteiger partial charge in [0.05, 0.1) is 10.9 Å². The van der Waals surface area contributed by atoms with E-state index in [0.717, 1.165) is 16.7 Å². The van der Waals surface area contributed by atoms with Crippen molar-refractivity contribution >= 4 is 10.9 Å². The van der Waals surface area contributed by atoms with Crippen LogP contribution in [0.3, 0.4) is 0 Å². The minimum absolute atomic E-state index is 0.341. The third kappa shape index (κ3) is 2.53. The number of fused-ring (bicyclic) bond motifs is 1. The predicted octanol–water partition coefficient (Wildman–Crippen LogP) is 4.52. The first-order chi connectivity index (χ1) is 11.3. The molecule has 4 aromatic rings. The summed E-state index contributed by atoms with van der Waals surface area (Å²) in [5.41, 5.74) is 3.32. The standard InChI is InChI=1S/C20H13NO2/c22-20-17-8-4-5-9-18(17)21-19(23-20)16-12-10-15(11-13-16)14-6-2-1-3-7-14/h1-13H. The molecule has 0 amide bonds. The Balaban J connectivity index is 1.78. The third-order valence-corrected chi connectivity index (χ3v) is 3.77. The highest BCUT2D eigenvalue weighted by atomic mass is 16.4. The predicted molar refractivity (Wildman–Crippen MR) is 91.2 cm³/mol. The van der Waals surface area contributed by atoms with Crippen molar-refractivity contribution in [3.63, 3.8) is 0 Å². The maximum Gasteiger partial charge on any atom is 0.347 e. The van der Waals surface area contributed by atoms with Crippen molar-refractivity contribution in [2.24, 2.45) is 0 Å². The molecule has 0 fully saturated rings. The summed E-state index contributed by atoms with van der Waals surface area (Å²) in [4.78, 5) is 16.5. The van der Waals surface area contributed by atoms with Crippen molar-refractivity contribution in [2.75, 3.05) is 0 Å². The first kappa shape index (κ1) is 13.5. The Kier molecular flexibility index (Phi) is 3.24. The van der Waals surface area contributed by atoms with Crippen LogP contribution >= 0.6 is 0 Å². The normalized spacial score (nSPS) is 10.8. The summed E-state index contributed by atoms with van der Waals surface area (Å²) >= 11 is 0. The molecule has 0 atom stereocenters. The van der Waals surface area contributed by atoms with Gasteiger partial charge < -0.3 is 4.42 Å². The summed E-state index contributed by atoms with van der Waals surface area (Å²) in [6, 6.07) is 25.2. The Morgan fingerprint density at radius 1 is 0.652 bits per heavy atom. The Bertz CT molecular complexity index is 1020. The van der Waals surface area contributed by atoms with Crippen molar-refractivity contribution < 1.29 is 4.42 Å². The molecule has 0 spiro atoms. The van der Waals surface area contributed by atoms with E-state index < -0.39 is 0 Å². The second-order valence-electron chi connectivity index (χ2n) is 5.27. The fraction of sp³-hybridized carbons (Fsp3) is 0. The number of hydrogen-bond acceptors (Lipinski definition) is 3. The van der Waals surface area contributed by atoms with Gasteiger partial charge in [0.15, 0.2) is 0 Å². The molecule has 0 bridgehead atoms. The van der Waals surface area contributed by atoms with Crippen LogP contribution in [0.25, 0.3) is 33.5 Å². The number of benzene rings is 3. The van der Waals surface area contributed by atoms with E-state index >= 15 is 0 Å². The minimum Gasteiger partial charge on any atom is -0.403 e. The Labute approximate surface area is 132 Å². The van der Waals surface area contributed by atoms with Gasteiger partial charge in [-0.3, -0.25) is 0 Å². The van der Waals surface area contributed by atoms with E-state index in [1.807, 2.05) is 54.6 Å². The van der Waals surface area contributed by atoms with Crippen LogP contribution in [0, 0.1) is 0 Å². The van der Waals surface area contributed by atoms with E-state index in [9.17, 15) is 4.79 Å². The fourth-order valence-electron chi connectivity index (χ4n) is 2.58. The molecule has 0 saturated heterocycles. The summed E-state index contributed by atoms with van der Waals surface area (Å²) < 4.78 is 5.36. The quantitative estimate of drug-likeness (QED) is 0.546. The van der Waals surface area contributed by atoms with Crippen LogP contribution in [0.1, 0.15) is 0 Å². The smallest absolute Gasteiger partial charge is 0.347 e. The van der Waals surface area contributed by atoms with E-state index in [1.54, 1.807) is 12.1 Å². The van der Waals surface area contributed by atoms with Crippen molar-refractivity contribution in [2.45, 2.75) is 0 Å². The molecule has 110 valence electrons. The van der Waals surface area contributed by atoms with Gasteiger partial charge >= 0.3 is 5.63 Å². The summed E-state index contributed by atoms with van der Waals surface area (Å²) in [5.74, 6) is 0.341. The van der Waals surface area contributed by atoms with Crippen molar-refractivity contribution in [1.29, 1.82) is 0 Å². The molecule has 0 aliphatic heterocycles. The second kappa shape index (κ2) is 5.54. The van der Waals surface area contributed by atoms with Gasteiger partial charge in [-0.25, -0.2) is 9.78 Å². The summed E-state index contributed by atoms with van der Waals surface area (Å²) in [6.07, 6.45) is 0. The molecular weight excluding hydrogens is 286 g/mol. The van der Waals surface area contributed by atoms with Gasteiger partial charge in [-0.05, 0) is 35.4 Å². The SMILES string of the molecule is O=c1oc(-c2ccc(-c3ccccc3)cc2)nc2ccccc12. The summed E-state index contributed by atoms with van der Waals surface area (Å²) in [7, 11) is 0. The van der Waals surface area contributed by atoms with E-state index in [0.29, 0.717) is 16.8 Å². The van der Waals surface area contributed by atoms with E-state index in [-0.39, 0.29) is 5.63 Å². The van der Waals surface area contributed by atoms with Crippen LogP contribution < -0.4 is 5.63 Å². The molecule has 1 aromatic heterocycles. The zero-order valence-corrected chi connectivity index (χ0v) is 12.3. The van der Waals surface area contributed by atoms with E-state index in [2.05, 4.69) is 17.1 Å². The molecule has 3 heteroatoms. The molecule has 1 heterocycles. The molecule has 4 rings (SSSR count). The average Bonchev–Trinajstić information content (AvgIpc) is 2.63. The van der Waals surface area contributed by atoms with Crippen LogP contribution in [0.5, 0.6) is 0 Å². The largest absolute Gasteiger partial charge is 0.403 e. The van der Waals surface area contributed by atoms with E-state index in [1.165, 1.54) is 0 Å². The summed E-state index contributed by atoms with van der Waals surface area (Å²) in [6.45, 7) is 0. The Morgan fingerprint density at radius 3 is 2.04 bits per heavy atom. The molecule has 0 unspecified atom stereocenters. The Hall–Kier alpha value is -3.20. The van der Waals surface area contributed by atoms with Crippen LogP contribution in [0.15, 0.2) is 88.1 Å². The molecule has 0 saturated carbocycles. The number of para-hydroxylation sites is 1. The highest BCUT2D eigenvalue weighted by Crippen LogP contribution is 2.24. The molecule has 3 nitrogen and oxygen atoms in total. The fourth-order valence-corrected chi connectivity index (χ4v) is 2.58. The van der Waals surface area contributed by atoms with Gasteiger partial charge in [-0.2, -0.15) is 0 Å². The van der Waals surface area contributed by atoms with Crippen LogP contribution in [-0.2, 0) is 0 Å². The van der Waals surface area contributed by atoms with Gasteiger partial charge in [0, 0.05) is 5.56 Å². The number of hydrogen-bond donors (Lipinski definition) is 0. The zero-order chi connectivity index (χ0) is 15.6. The second-order valence-corrected chi connectivity index (χ2v) is 5.27. The van der Waals surface area contributed by atoms with Gasteiger partial charge in [-0.1, -0.05) is 54.6 Å². The van der Waals surface area contributed by atoms with Gasteiger partial charge in [0.25, 0.3) is 0 Å². The Morgan fingerprint density at radius 2 is 1.26 bits per heavy atom. The van der Waals surface area contributed by atoms with Crippen molar-refractivity contribution in [3.8, 4) is 22.6 Å². The molecule has 0 N–H and O–H groups in total. The van der Waals surface area contributed by atoms with Gasteiger partial charge in [0.2, 0.25) is 5.89 Å². The van der Waals surface area contributed by atoms with Crippen LogP contribution in [0.4, 0.5) is 0 Å². The third-order valence-electron chi connectivity index (χ3n) is 3.77. The van der Waals surface area contributed by atoms with Crippen molar-refractivity contribution in [1.82, 2.24) is 4.98 Å². The lowest BCUT2D eigenvalue weighted by atomic mass is 10.0. The van der Waals surface area contributed by atoms with Crippen LogP contribution in [-0.4, -0.2) is 4.98 Å².